The summed E-state index contributed by atoms with van der Waals surface area (Å²) in [5, 5.41) is 32.9. The van der Waals surface area contributed by atoms with Crippen molar-refractivity contribution in [3.05, 3.63) is 270 Å². The summed E-state index contributed by atoms with van der Waals surface area (Å²) in [7, 11) is 3.85. The highest BCUT2D eigenvalue weighted by Gasteiger charge is 2.26. The SMILES string of the molecule is CC(C)(C)C(=O)CCc1ccc(Cl)c(C(=O)Cc2cc(F)c(F)c(C(=O)Nc3ccc(Br)cc3)c2)c1.CC(C)(C)C(=O)CCc1ccc(Cl)c(C(=O)Cc2cc(F)c(F)c(C(=O)O)c2)c1.CC(C)(C)C(=O)NCc1ccc(Cl)c(C(=O)O)c1.CC(C)=C(Cl)N(C)C.Nc1cc(F)c(F)c(C(=O)O)c1.Nc1ccc(Br)cc1. The molecule has 594 valence electrons. The summed E-state index contributed by atoms with van der Waals surface area (Å²) >= 11 is 30.4. The van der Waals surface area contributed by atoms with E-state index in [2.05, 4.69) is 42.5 Å². The molecule has 0 radical (unpaired) electrons. The molecule has 29 heteroatoms. The Morgan fingerprint density at radius 1 is 0.441 bits per heavy atom. The normalized spacial score (nSPS) is 10.8. The molecule has 8 aromatic carbocycles. The monoisotopic (exact) mass is 1740 g/mol. The molecule has 9 N–H and O–H groups in total. The van der Waals surface area contributed by atoms with Crippen molar-refractivity contribution in [3.8, 4) is 0 Å². The van der Waals surface area contributed by atoms with Crippen LogP contribution in [0.5, 0.6) is 0 Å². The van der Waals surface area contributed by atoms with Gasteiger partial charge in [0.1, 0.15) is 22.3 Å². The minimum absolute atomic E-state index is 0.0238. The molecule has 0 saturated heterocycles. The molecule has 111 heavy (non-hydrogen) atoms. The van der Waals surface area contributed by atoms with Crippen molar-refractivity contribution in [3.63, 3.8) is 0 Å². The van der Waals surface area contributed by atoms with Crippen LogP contribution >= 0.6 is 78.3 Å². The average molecular weight is 1750 g/mol. The molecule has 0 aromatic heterocycles. The lowest BCUT2D eigenvalue weighted by Gasteiger charge is -2.17. The van der Waals surface area contributed by atoms with Crippen LogP contribution in [0.3, 0.4) is 0 Å². The van der Waals surface area contributed by atoms with Crippen molar-refractivity contribution in [2.24, 2.45) is 16.2 Å². The highest BCUT2D eigenvalue weighted by molar-refractivity contribution is 9.10. The Kier molecular flexibility index (Phi) is 37.5. The van der Waals surface area contributed by atoms with E-state index >= 15 is 0 Å². The Labute approximate surface area is 677 Å². The predicted octanol–water partition coefficient (Wildman–Crippen LogP) is 20.9. The molecular formula is C82H85Br2Cl4F6N5O12. The van der Waals surface area contributed by atoms with Crippen LogP contribution in [0.1, 0.15) is 179 Å². The molecule has 0 aliphatic carbocycles. The van der Waals surface area contributed by atoms with Crippen LogP contribution in [0.4, 0.5) is 43.4 Å². The van der Waals surface area contributed by atoms with E-state index in [4.69, 9.17) is 73.2 Å². The van der Waals surface area contributed by atoms with Gasteiger partial charge >= 0.3 is 17.9 Å². The molecule has 0 aliphatic heterocycles. The standard InChI is InChI=1S/C28H25BrClF2NO3.C22H21ClF2O4.C13H16ClNO3.C7H5F2NO2.C6H6BrN.C6H12ClN/c1-28(2,3)25(35)11-5-16-4-10-22(30)20(12-16)24(34)15-17-13-21(26(32)23(31)14-17)27(36)33-19-8-6-18(29)7-9-19;1-22(2,3)19(27)7-5-12-4-6-16(23)14(8-12)18(26)11-13-9-15(21(28)29)20(25)17(24)10-13;1-13(2,3)12(18)15-7-8-4-5-10(14)9(6-8)11(16)17;8-5-2-3(10)1-4(6(5)9)7(11)12;7-5-1-3-6(8)4-2-5;1-5(2)6(7)8(3)4/h4,6-10,12-14H,5,11,15H2,1-3H3,(H,33,36);4,6,8-10H,5,7,11H2,1-3H3,(H,28,29);4-6H,7H2,1-3H3,(H,15,18)(H,16,17);1-2H,10H2,(H,11,12);1-4H,8H2;1-4H3. The van der Waals surface area contributed by atoms with E-state index < -0.39 is 103 Å². The van der Waals surface area contributed by atoms with Crippen LogP contribution in [0.15, 0.2) is 159 Å². The van der Waals surface area contributed by atoms with E-state index in [1.807, 2.05) is 119 Å². The first-order chi connectivity index (χ1) is 51.3. The van der Waals surface area contributed by atoms with Gasteiger partial charge in [0.25, 0.3) is 5.91 Å². The van der Waals surface area contributed by atoms with Gasteiger partial charge < -0.3 is 42.3 Å². The number of carboxylic acid groups (broad SMARTS) is 3. The van der Waals surface area contributed by atoms with E-state index in [1.165, 1.54) is 12.1 Å². The van der Waals surface area contributed by atoms with Crippen LogP contribution < -0.4 is 22.1 Å². The summed E-state index contributed by atoms with van der Waals surface area (Å²) in [6, 6.07) is 33.9. The van der Waals surface area contributed by atoms with E-state index in [9.17, 15) is 69.5 Å². The molecule has 0 unspecified atom stereocenters. The van der Waals surface area contributed by atoms with E-state index in [0.29, 0.717) is 36.9 Å². The number of ketones is 4. The van der Waals surface area contributed by atoms with E-state index in [1.54, 1.807) is 66.7 Å². The van der Waals surface area contributed by atoms with Gasteiger partial charge in [-0.05, 0) is 181 Å². The number of allylic oxidation sites excluding steroid dienone is 1. The number of hydrogen-bond acceptors (Lipinski definition) is 12. The third-order valence-electron chi connectivity index (χ3n) is 15.5. The second-order valence-electron chi connectivity index (χ2n) is 28.3. The fourth-order valence-corrected chi connectivity index (χ4v) is 10.4. The molecule has 17 nitrogen and oxygen atoms in total. The quantitative estimate of drug-likeness (QED) is 0.0162. The number of aryl methyl sites for hydroxylation is 2. The number of rotatable bonds is 20. The van der Waals surface area contributed by atoms with Crippen LogP contribution in [0.25, 0.3) is 0 Å². The van der Waals surface area contributed by atoms with Gasteiger partial charge in [0.15, 0.2) is 46.5 Å². The number of aromatic carboxylic acids is 3. The summed E-state index contributed by atoms with van der Waals surface area (Å²) in [5.41, 5.74) is 12.0. The summed E-state index contributed by atoms with van der Waals surface area (Å²) in [4.78, 5) is 108. The van der Waals surface area contributed by atoms with E-state index in [0.717, 1.165) is 72.9 Å². The van der Waals surface area contributed by atoms with Gasteiger partial charge in [0, 0.05) is 99.7 Å². The largest absolute Gasteiger partial charge is 0.478 e. The summed E-state index contributed by atoms with van der Waals surface area (Å²) in [6.07, 6.45) is 0.866. The molecule has 8 rings (SSSR count). The van der Waals surface area contributed by atoms with Crippen LogP contribution in [0, 0.1) is 51.1 Å². The van der Waals surface area contributed by atoms with E-state index in [-0.39, 0.29) is 85.4 Å². The number of carbonyl (C=O) groups is 9. The average Bonchev–Trinajstić information content (AvgIpc) is 0.829. The third kappa shape index (κ3) is 32.1. The molecule has 0 saturated carbocycles. The van der Waals surface area contributed by atoms with Crippen molar-refractivity contribution in [2.45, 2.75) is 121 Å². The number of hydrogen-bond donors (Lipinski definition) is 7. The minimum atomic E-state index is -1.63. The smallest absolute Gasteiger partial charge is 0.338 e. The number of amides is 2. The number of Topliss-reactive ketones (excluding diaryl/α,β-unsaturated/α-hetero) is 4. The zero-order valence-electron chi connectivity index (χ0n) is 62.9. The van der Waals surface area contributed by atoms with Gasteiger partial charge in [-0.25, -0.2) is 40.7 Å². The summed E-state index contributed by atoms with van der Waals surface area (Å²) in [5.74, 6) is -13.9. The van der Waals surface area contributed by atoms with Crippen molar-refractivity contribution in [1.82, 2.24) is 10.2 Å². The van der Waals surface area contributed by atoms with Gasteiger partial charge in [-0.1, -0.05) is 159 Å². The maximum Gasteiger partial charge on any atom is 0.338 e. The maximum atomic E-state index is 14.4. The van der Waals surface area contributed by atoms with Gasteiger partial charge in [0.05, 0.1) is 31.8 Å². The molecular weight excluding hydrogens is 1660 g/mol. The lowest BCUT2D eigenvalue weighted by atomic mass is 9.87. The number of carbonyl (C=O) groups excluding carboxylic acids is 6. The zero-order chi connectivity index (χ0) is 84.5. The molecule has 0 bridgehead atoms. The second kappa shape index (κ2) is 43.4. The third-order valence-corrected chi connectivity index (χ3v) is 18.2. The van der Waals surface area contributed by atoms with Crippen LogP contribution in [-0.4, -0.2) is 87.2 Å². The number of nitrogens with zero attached hydrogens (tertiary/aromatic N) is 1. The Morgan fingerprint density at radius 3 is 1.16 bits per heavy atom. The number of nitrogen functional groups attached to an aromatic ring is 2. The Balaban J connectivity index is 0.000000377. The first-order valence-electron chi connectivity index (χ1n) is 33.6. The van der Waals surface area contributed by atoms with Crippen molar-refractivity contribution in [2.75, 3.05) is 30.9 Å². The molecule has 0 fully saturated rings. The molecule has 0 aliphatic rings. The molecule has 2 amide bonds. The number of nitrogens with one attached hydrogen (secondary N) is 2. The van der Waals surface area contributed by atoms with Crippen molar-refractivity contribution < 1.29 is 84.8 Å². The summed E-state index contributed by atoms with van der Waals surface area (Å²) in [6.45, 7) is 20.7. The first-order valence-corrected chi connectivity index (χ1v) is 36.7. The summed E-state index contributed by atoms with van der Waals surface area (Å²) < 4.78 is 82.9. The maximum absolute atomic E-state index is 14.4. The van der Waals surface area contributed by atoms with Gasteiger partial charge in [-0.15, -0.1) is 0 Å². The van der Waals surface area contributed by atoms with Gasteiger partial charge in [0.2, 0.25) is 5.91 Å². The topological polar surface area (TPSA) is 294 Å². The first kappa shape index (κ1) is 95.8. The van der Waals surface area contributed by atoms with Gasteiger partial charge in [-0.2, -0.15) is 0 Å². The molecule has 0 heterocycles. The number of anilines is 3. The number of halogens is 12. The lowest BCUT2D eigenvalue weighted by Crippen LogP contribution is -2.34. The number of nitrogens with two attached hydrogens (primary N) is 2. The second-order valence-corrected chi connectivity index (χ2v) is 31.7. The van der Waals surface area contributed by atoms with Gasteiger partial charge in [-0.3, -0.25) is 28.8 Å². The van der Waals surface area contributed by atoms with Crippen LogP contribution in [0.2, 0.25) is 15.1 Å². The van der Waals surface area contributed by atoms with Crippen molar-refractivity contribution >= 4 is 148 Å². The fraction of sp³-hybridized carbons (Fsp3) is 0.280. The van der Waals surface area contributed by atoms with Crippen LogP contribution in [-0.2, 0) is 46.6 Å². The Hall–Kier alpha value is -9.37. The molecule has 8 aromatic rings. The zero-order valence-corrected chi connectivity index (χ0v) is 69.1. The molecule has 0 atom stereocenters. The minimum Gasteiger partial charge on any atom is -0.478 e. The number of carboxylic acids is 3. The highest BCUT2D eigenvalue weighted by atomic mass is 79.9. The Bertz CT molecular complexity index is 4730. The Morgan fingerprint density at radius 2 is 0.793 bits per heavy atom. The highest BCUT2D eigenvalue weighted by Crippen LogP contribution is 2.29. The number of benzene rings is 8. The predicted molar refractivity (Wildman–Crippen MR) is 430 cm³/mol. The molecule has 0 spiro atoms. The van der Waals surface area contributed by atoms with Crippen molar-refractivity contribution in [1.29, 1.82) is 0 Å². The lowest BCUT2D eigenvalue weighted by molar-refractivity contribution is -0.128. The fourth-order valence-electron chi connectivity index (χ4n) is 9.23.